The number of guanidine groups is 1. The number of benzene rings is 1. The molecule has 0 radical (unpaired) electrons. The predicted molar refractivity (Wildman–Crippen MR) is 101 cm³/mol. The molecule has 2 rings (SSSR count). The Morgan fingerprint density at radius 1 is 1.15 bits per heavy atom. The van der Waals surface area contributed by atoms with Gasteiger partial charge in [-0.05, 0) is 31.0 Å². The van der Waals surface area contributed by atoms with Crippen LogP contribution >= 0.6 is 0 Å². The molecule has 2 aromatic rings. The van der Waals surface area contributed by atoms with Crippen LogP contribution in [-0.4, -0.2) is 60.7 Å². The lowest BCUT2D eigenvalue weighted by Crippen LogP contribution is -2.38. The van der Waals surface area contributed by atoms with Crippen LogP contribution in [-0.2, 0) is 16.0 Å². The Balaban J connectivity index is 1.76. The lowest BCUT2D eigenvalue weighted by Gasteiger charge is -2.11. The fourth-order valence-corrected chi connectivity index (χ4v) is 2.23. The summed E-state index contributed by atoms with van der Waals surface area (Å²) in [4.78, 5) is 8.58. The van der Waals surface area contributed by atoms with Crippen LogP contribution in [0, 0.1) is 0 Å². The second kappa shape index (κ2) is 12.0. The van der Waals surface area contributed by atoms with Crippen LogP contribution in [0.2, 0.25) is 0 Å². The zero-order valence-corrected chi connectivity index (χ0v) is 15.5. The maximum absolute atomic E-state index is 5.45. The summed E-state index contributed by atoms with van der Waals surface area (Å²) in [6.07, 6.45) is 4.12. The minimum absolute atomic E-state index is 0.608. The minimum Gasteiger partial charge on any atom is -0.382 e. The fraction of sp³-hybridized carbons (Fsp3) is 0.500. The van der Waals surface area contributed by atoms with Crippen LogP contribution < -0.4 is 10.6 Å². The molecule has 0 aliphatic heterocycles. The van der Waals surface area contributed by atoms with E-state index in [4.69, 9.17) is 9.47 Å². The van der Waals surface area contributed by atoms with Crippen LogP contribution in [0.25, 0.3) is 5.69 Å². The Morgan fingerprint density at radius 3 is 2.69 bits per heavy atom. The summed E-state index contributed by atoms with van der Waals surface area (Å²) < 4.78 is 12.1. The second-order valence-corrected chi connectivity index (χ2v) is 5.59. The van der Waals surface area contributed by atoms with E-state index in [1.165, 1.54) is 6.33 Å². The molecule has 1 aromatic heterocycles. The molecule has 0 aliphatic carbocycles. The number of hydrogen-bond donors (Lipinski definition) is 2. The van der Waals surface area contributed by atoms with Gasteiger partial charge >= 0.3 is 0 Å². The second-order valence-electron chi connectivity index (χ2n) is 5.59. The van der Waals surface area contributed by atoms with E-state index < -0.39 is 0 Å². The fourth-order valence-electron chi connectivity index (χ4n) is 2.23. The Hall–Kier alpha value is -2.45. The largest absolute Gasteiger partial charge is 0.382 e. The molecule has 8 heteroatoms. The van der Waals surface area contributed by atoms with Gasteiger partial charge in [-0.1, -0.05) is 12.1 Å². The van der Waals surface area contributed by atoms with Gasteiger partial charge in [-0.2, -0.15) is 5.10 Å². The van der Waals surface area contributed by atoms with Crippen molar-refractivity contribution in [2.24, 2.45) is 4.99 Å². The van der Waals surface area contributed by atoms with Crippen molar-refractivity contribution < 1.29 is 9.47 Å². The monoisotopic (exact) mass is 360 g/mol. The molecule has 0 saturated heterocycles. The molecule has 142 valence electrons. The summed E-state index contributed by atoms with van der Waals surface area (Å²) in [7, 11) is 1.67. The highest BCUT2D eigenvalue weighted by molar-refractivity contribution is 5.79. The predicted octanol–water partition coefficient (Wildman–Crippen LogP) is 1.38. The van der Waals surface area contributed by atoms with Crippen molar-refractivity contribution in [1.29, 1.82) is 0 Å². The average Bonchev–Trinajstić information content (AvgIpc) is 3.20. The van der Waals surface area contributed by atoms with Gasteiger partial charge in [-0.25, -0.2) is 14.7 Å². The maximum Gasteiger partial charge on any atom is 0.191 e. The van der Waals surface area contributed by atoms with Crippen LogP contribution in [0.3, 0.4) is 0 Å². The highest BCUT2D eigenvalue weighted by Gasteiger charge is 2.00. The molecule has 26 heavy (non-hydrogen) atoms. The molecule has 0 spiro atoms. The quantitative estimate of drug-likeness (QED) is 0.358. The van der Waals surface area contributed by atoms with Gasteiger partial charge in [0, 0.05) is 26.8 Å². The van der Waals surface area contributed by atoms with Crippen molar-refractivity contribution in [2.75, 3.05) is 40.0 Å². The van der Waals surface area contributed by atoms with Crippen molar-refractivity contribution in [2.45, 2.75) is 19.9 Å². The third kappa shape index (κ3) is 7.20. The molecule has 0 amide bonds. The van der Waals surface area contributed by atoms with E-state index in [9.17, 15) is 0 Å². The standard InChI is InChI=1S/C18H28N6O2/c1-3-20-18(21-9-4-10-26-12-11-25-2)22-13-16-5-7-17(8-6-16)24-15-19-14-23-24/h5-8,14-15H,3-4,9-13H2,1-2H3,(H2,20,21,22). The van der Waals surface area contributed by atoms with E-state index in [0.717, 1.165) is 36.7 Å². The first-order valence-electron chi connectivity index (χ1n) is 8.86. The molecule has 2 N–H and O–H groups in total. The van der Waals surface area contributed by atoms with Crippen LogP contribution in [0.1, 0.15) is 18.9 Å². The Labute approximate surface area is 154 Å². The van der Waals surface area contributed by atoms with Crippen molar-refractivity contribution in [3.63, 3.8) is 0 Å². The summed E-state index contributed by atoms with van der Waals surface area (Å²) in [5, 5.41) is 10.7. The van der Waals surface area contributed by atoms with Crippen molar-refractivity contribution in [3.8, 4) is 5.69 Å². The van der Waals surface area contributed by atoms with Crippen molar-refractivity contribution in [1.82, 2.24) is 25.4 Å². The Bertz CT molecular complexity index is 628. The third-order valence-electron chi connectivity index (χ3n) is 3.57. The number of aliphatic imine (C=N–C) groups is 1. The summed E-state index contributed by atoms with van der Waals surface area (Å²) in [6.45, 7) is 6.27. The Morgan fingerprint density at radius 2 is 2.00 bits per heavy atom. The number of hydrogen-bond acceptors (Lipinski definition) is 5. The third-order valence-corrected chi connectivity index (χ3v) is 3.57. The van der Waals surface area contributed by atoms with Gasteiger partial charge in [0.05, 0.1) is 25.4 Å². The van der Waals surface area contributed by atoms with Gasteiger partial charge in [0.1, 0.15) is 12.7 Å². The number of ether oxygens (including phenoxy) is 2. The van der Waals surface area contributed by atoms with E-state index >= 15 is 0 Å². The van der Waals surface area contributed by atoms with Crippen molar-refractivity contribution >= 4 is 5.96 Å². The number of nitrogens with one attached hydrogen (secondary N) is 2. The highest BCUT2D eigenvalue weighted by Crippen LogP contribution is 2.08. The highest BCUT2D eigenvalue weighted by atomic mass is 16.5. The zero-order chi connectivity index (χ0) is 18.5. The van der Waals surface area contributed by atoms with Gasteiger partial charge in [0.25, 0.3) is 0 Å². The lowest BCUT2D eigenvalue weighted by atomic mass is 10.2. The van der Waals surface area contributed by atoms with E-state index in [0.29, 0.717) is 26.4 Å². The number of methoxy groups -OCH3 is 1. The normalized spacial score (nSPS) is 11.5. The summed E-state index contributed by atoms with van der Waals surface area (Å²) in [5.41, 5.74) is 2.11. The van der Waals surface area contributed by atoms with E-state index in [2.05, 4.69) is 32.6 Å². The first-order valence-corrected chi connectivity index (χ1v) is 8.86. The topological polar surface area (TPSA) is 85.6 Å². The van der Waals surface area contributed by atoms with Gasteiger partial charge < -0.3 is 20.1 Å². The molecule has 1 heterocycles. The molecule has 0 atom stereocenters. The number of nitrogens with zero attached hydrogens (tertiary/aromatic N) is 4. The molecule has 0 saturated carbocycles. The van der Waals surface area contributed by atoms with Crippen LogP contribution in [0.15, 0.2) is 41.9 Å². The smallest absolute Gasteiger partial charge is 0.191 e. The van der Waals surface area contributed by atoms with E-state index in [-0.39, 0.29) is 0 Å². The van der Waals surface area contributed by atoms with E-state index in [1.807, 2.05) is 24.3 Å². The maximum atomic E-state index is 5.45. The van der Waals surface area contributed by atoms with Crippen molar-refractivity contribution in [3.05, 3.63) is 42.5 Å². The van der Waals surface area contributed by atoms with Crippen LogP contribution in [0.5, 0.6) is 0 Å². The summed E-state index contributed by atoms with van der Waals surface area (Å²) >= 11 is 0. The van der Waals surface area contributed by atoms with Gasteiger partial charge in [-0.3, -0.25) is 0 Å². The van der Waals surface area contributed by atoms with Gasteiger partial charge in [0.15, 0.2) is 5.96 Å². The average molecular weight is 360 g/mol. The molecule has 8 nitrogen and oxygen atoms in total. The minimum atomic E-state index is 0.608. The summed E-state index contributed by atoms with van der Waals surface area (Å²) in [6, 6.07) is 8.12. The van der Waals surface area contributed by atoms with Gasteiger partial charge in [-0.15, -0.1) is 0 Å². The number of rotatable bonds is 11. The number of aromatic nitrogens is 3. The molecule has 0 unspecified atom stereocenters. The molecular weight excluding hydrogens is 332 g/mol. The molecule has 0 bridgehead atoms. The Kier molecular flexibility index (Phi) is 9.17. The molecule has 0 aliphatic rings. The van der Waals surface area contributed by atoms with Gasteiger partial charge in [0.2, 0.25) is 0 Å². The first-order chi connectivity index (χ1) is 12.8. The molecule has 1 aromatic carbocycles. The molecular formula is C18H28N6O2. The van der Waals surface area contributed by atoms with E-state index in [1.54, 1.807) is 18.1 Å². The molecule has 0 fully saturated rings. The lowest BCUT2D eigenvalue weighted by molar-refractivity contribution is 0.0698. The first kappa shape index (κ1) is 19.9. The summed E-state index contributed by atoms with van der Waals surface area (Å²) in [5.74, 6) is 0.810. The van der Waals surface area contributed by atoms with Crippen LogP contribution in [0.4, 0.5) is 0 Å². The SMILES string of the molecule is CCNC(=NCc1ccc(-n2cncn2)cc1)NCCCOCCOC. The zero-order valence-electron chi connectivity index (χ0n) is 15.5.